The first-order chi connectivity index (χ1) is 9.47. The van der Waals surface area contributed by atoms with Gasteiger partial charge in [0.2, 0.25) is 5.91 Å². The van der Waals surface area contributed by atoms with E-state index in [9.17, 15) is 14.9 Å². The molecule has 0 bridgehead atoms. The first kappa shape index (κ1) is 14.7. The van der Waals surface area contributed by atoms with Crippen molar-refractivity contribution in [3.63, 3.8) is 0 Å². The van der Waals surface area contributed by atoms with Crippen LogP contribution in [0.15, 0.2) is 18.2 Å². The molecule has 1 heterocycles. The summed E-state index contributed by atoms with van der Waals surface area (Å²) in [5, 5.41) is 14.2. The molecule has 1 saturated heterocycles. The quantitative estimate of drug-likeness (QED) is 0.679. The van der Waals surface area contributed by atoms with Crippen molar-refractivity contribution in [3.05, 3.63) is 38.9 Å². The van der Waals surface area contributed by atoms with Gasteiger partial charge in [-0.15, -0.1) is 0 Å². The summed E-state index contributed by atoms with van der Waals surface area (Å²) < 4.78 is 0. The number of nitrogens with zero attached hydrogens (tertiary/aromatic N) is 2. The van der Waals surface area contributed by atoms with Gasteiger partial charge < -0.3 is 10.2 Å². The van der Waals surface area contributed by atoms with Gasteiger partial charge in [0.25, 0.3) is 5.69 Å². The molecule has 20 heavy (non-hydrogen) atoms. The van der Waals surface area contributed by atoms with Gasteiger partial charge in [0, 0.05) is 37.8 Å². The lowest BCUT2D eigenvalue weighted by Gasteiger charge is -2.32. The first-order valence-corrected chi connectivity index (χ1v) is 6.79. The fourth-order valence-electron chi connectivity index (χ4n) is 2.23. The molecule has 1 atom stereocenters. The second-order valence-electron chi connectivity index (χ2n) is 4.90. The highest BCUT2D eigenvalue weighted by molar-refractivity contribution is 6.31. The van der Waals surface area contributed by atoms with Crippen molar-refractivity contribution < 1.29 is 9.72 Å². The monoisotopic (exact) mass is 297 g/mol. The van der Waals surface area contributed by atoms with Crippen LogP contribution in [0.2, 0.25) is 5.02 Å². The summed E-state index contributed by atoms with van der Waals surface area (Å²) in [5.74, 6) is -0.00546. The molecule has 1 amide bonds. The van der Waals surface area contributed by atoms with E-state index in [4.69, 9.17) is 11.6 Å². The fourth-order valence-corrected chi connectivity index (χ4v) is 2.47. The molecular weight excluding hydrogens is 282 g/mol. The van der Waals surface area contributed by atoms with Crippen LogP contribution in [0.3, 0.4) is 0 Å². The molecule has 6 nitrogen and oxygen atoms in total. The second kappa shape index (κ2) is 6.19. The zero-order valence-corrected chi connectivity index (χ0v) is 11.9. The molecule has 1 N–H and O–H groups in total. The van der Waals surface area contributed by atoms with E-state index < -0.39 is 4.92 Å². The van der Waals surface area contributed by atoms with Gasteiger partial charge in [-0.1, -0.05) is 17.7 Å². The number of hydrogen-bond acceptors (Lipinski definition) is 4. The summed E-state index contributed by atoms with van der Waals surface area (Å²) in [5.41, 5.74) is 0.551. The smallest absolute Gasteiger partial charge is 0.270 e. The highest BCUT2D eigenvalue weighted by Crippen LogP contribution is 2.23. The maximum absolute atomic E-state index is 12.2. The molecule has 1 fully saturated rings. The van der Waals surface area contributed by atoms with Crippen LogP contribution in [-0.2, 0) is 11.2 Å². The largest absolute Gasteiger partial charge is 0.340 e. The van der Waals surface area contributed by atoms with Crippen LogP contribution in [0.1, 0.15) is 12.5 Å². The molecule has 2 rings (SSSR count). The molecule has 1 aromatic rings. The molecule has 1 unspecified atom stereocenters. The Labute approximate surface area is 121 Å². The highest BCUT2D eigenvalue weighted by atomic mass is 35.5. The van der Waals surface area contributed by atoms with Gasteiger partial charge in [0.1, 0.15) is 0 Å². The third-order valence-corrected chi connectivity index (χ3v) is 3.66. The normalized spacial score (nSPS) is 18.9. The number of benzene rings is 1. The zero-order valence-electron chi connectivity index (χ0n) is 11.1. The average Bonchev–Trinajstić information content (AvgIpc) is 2.40. The summed E-state index contributed by atoms with van der Waals surface area (Å²) in [6.45, 7) is 4.15. The molecule has 0 saturated carbocycles. The standard InChI is InChI=1S/C13H16ClN3O3/c1-9-8-16(5-4-15-9)13(18)6-10-2-3-11(17(19)20)7-12(10)14/h2-3,7,9,15H,4-6,8H2,1H3. The Morgan fingerprint density at radius 3 is 2.95 bits per heavy atom. The van der Waals surface area contributed by atoms with Crippen LogP contribution in [0.25, 0.3) is 0 Å². The van der Waals surface area contributed by atoms with Gasteiger partial charge in [0.05, 0.1) is 16.4 Å². The first-order valence-electron chi connectivity index (χ1n) is 6.41. The van der Waals surface area contributed by atoms with E-state index in [-0.39, 0.29) is 29.1 Å². The lowest BCUT2D eigenvalue weighted by molar-refractivity contribution is -0.384. The minimum Gasteiger partial charge on any atom is -0.340 e. The lowest BCUT2D eigenvalue weighted by atomic mass is 10.1. The number of non-ortho nitro benzene ring substituents is 1. The van der Waals surface area contributed by atoms with Crippen LogP contribution in [0.4, 0.5) is 5.69 Å². The Balaban J connectivity index is 2.06. The minimum absolute atomic E-state index is 0.00546. The number of halogens is 1. The molecule has 0 aliphatic carbocycles. The van der Waals surface area contributed by atoms with Crippen molar-refractivity contribution in [2.75, 3.05) is 19.6 Å². The summed E-state index contributed by atoms with van der Waals surface area (Å²) >= 11 is 6.00. The molecular formula is C13H16ClN3O3. The number of piperazine rings is 1. The van der Waals surface area contributed by atoms with Crippen molar-refractivity contribution in [1.29, 1.82) is 0 Å². The molecule has 1 aliphatic rings. The molecule has 0 aromatic heterocycles. The summed E-state index contributed by atoms with van der Waals surface area (Å²) in [6.07, 6.45) is 0.170. The summed E-state index contributed by atoms with van der Waals surface area (Å²) in [4.78, 5) is 24.1. The Kier molecular flexibility index (Phi) is 4.57. The maximum atomic E-state index is 12.2. The van der Waals surface area contributed by atoms with Crippen LogP contribution >= 0.6 is 11.6 Å². The van der Waals surface area contributed by atoms with E-state index >= 15 is 0 Å². The summed E-state index contributed by atoms with van der Waals surface area (Å²) in [7, 11) is 0. The van der Waals surface area contributed by atoms with E-state index in [1.54, 1.807) is 11.0 Å². The Bertz CT molecular complexity index is 536. The number of rotatable bonds is 3. The molecule has 0 spiro atoms. The molecule has 1 aliphatic heterocycles. The third kappa shape index (κ3) is 3.46. The van der Waals surface area contributed by atoms with Gasteiger partial charge in [-0.05, 0) is 12.5 Å². The van der Waals surface area contributed by atoms with Crippen molar-refractivity contribution >= 4 is 23.2 Å². The summed E-state index contributed by atoms with van der Waals surface area (Å²) in [6, 6.07) is 4.48. The predicted octanol–water partition coefficient (Wildman–Crippen LogP) is 1.61. The number of nitrogens with one attached hydrogen (secondary N) is 1. The Hall–Kier alpha value is -1.66. The van der Waals surface area contributed by atoms with E-state index in [2.05, 4.69) is 5.32 Å². The van der Waals surface area contributed by atoms with Crippen molar-refractivity contribution in [1.82, 2.24) is 10.2 Å². The second-order valence-corrected chi connectivity index (χ2v) is 5.31. The number of nitro groups is 1. The van der Waals surface area contributed by atoms with E-state index in [1.165, 1.54) is 12.1 Å². The van der Waals surface area contributed by atoms with Gasteiger partial charge in [0.15, 0.2) is 0 Å². The maximum Gasteiger partial charge on any atom is 0.270 e. The lowest BCUT2D eigenvalue weighted by Crippen LogP contribution is -2.51. The van der Waals surface area contributed by atoms with Crippen LogP contribution in [0.5, 0.6) is 0 Å². The minimum atomic E-state index is -0.504. The van der Waals surface area contributed by atoms with Gasteiger partial charge in [-0.2, -0.15) is 0 Å². The van der Waals surface area contributed by atoms with Gasteiger partial charge >= 0.3 is 0 Å². The molecule has 1 aromatic carbocycles. The van der Waals surface area contributed by atoms with Crippen LogP contribution in [0, 0.1) is 10.1 Å². The third-order valence-electron chi connectivity index (χ3n) is 3.31. The van der Waals surface area contributed by atoms with E-state index in [1.807, 2.05) is 6.92 Å². The molecule has 0 radical (unpaired) electrons. The fraction of sp³-hybridized carbons (Fsp3) is 0.462. The molecule has 108 valence electrons. The number of nitro benzene ring substituents is 1. The van der Waals surface area contributed by atoms with Gasteiger partial charge in [-0.3, -0.25) is 14.9 Å². The zero-order chi connectivity index (χ0) is 14.7. The number of hydrogen-bond donors (Lipinski definition) is 1. The van der Waals surface area contributed by atoms with Crippen LogP contribution in [-0.4, -0.2) is 41.4 Å². The Morgan fingerprint density at radius 2 is 2.35 bits per heavy atom. The number of amides is 1. The molecule has 7 heteroatoms. The predicted molar refractivity (Wildman–Crippen MR) is 75.9 cm³/mol. The number of carbonyl (C=O) groups excluding carboxylic acids is 1. The average molecular weight is 298 g/mol. The van der Waals surface area contributed by atoms with E-state index in [0.29, 0.717) is 18.7 Å². The van der Waals surface area contributed by atoms with Crippen molar-refractivity contribution in [2.45, 2.75) is 19.4 Å². The van der Waals surface area contributed by atoms with E-state index in [0.717, 1.165) is 6.54 Å². The Morgan fingerprint density at radius 1 is 1.60 bits per heavy atom. The SMILES string of the molecule is CC1CN(C(=O)Cc2ccc([N+](=O)[O-])cc2Cl)CCN1. The number of carbonyl (C=O) groups is 1. The van der Waals surface area contributed by atoms with Gasteiger partial charge in [-0.25, -0.2) is 0 Å². The van der Waals surface area contributed by atoms with Crippen LogP contribution < -0.4 is 5.32 Å². The highest BCUT2D eigenvalue weighted by Gasteiger charge is 2.21. The van der Waals surface area contributed by atoms with Crippen molar-refractivity contribution in [2.24, 2.45) is 0 Å². The van der Waals surface area contributed by atoms with Crippen molar-refractivity contribution in [3.8, 4) is 0 Å². The topological polar surface area (TPSA) is 75.5 Å².